The minimum Gasteiger partial charge on any atom is -0.409 e. The molecule has 0 saturated carbocycles. The minimum atomic E-state index is -0.352. The van der Waals surface area contributed by atoms with E-state index in [1.807, 2.05) is 0 Å². The first-order valence-electron chi connectivity index (χ1n) is 7.62. The van der Waals surface area contributed by atoms with Crippen LogP contribution in [0.2, 0.25) is 0 Å². The molecule has 3 N–H and O–H groups in total. The van der Waals surface area contributed by atoms with Crippen LogP contribution < -0.4 is 5.73 Å². The van der Waals surface area contributed by atoms with Crippen molar-refractivity contribution in [2.45, 2.75) is 39.2 Å². The normalized spacial score (nSPS) is 21.2. The molecule has 0 amide bonds. The number of hydrogen-bond donors (Lipinski definition) is 2. The number of nitrogens with two attached hydrogens (primary N) is 1. The van der Waals surface area contributed by atoms with Gasteiger partial charge in [0.25, 0.3) is 0 Å². The van der Waals surface area contributed by atoms with Gasteiger partial charge in [-0.3, -0.25) is 4.90 Å². The number of rotatable bonds is 4. The second-order valence-corrected chi connectivity index (χ2v) is 5.81. The fraction of sp³-hybridized carbons (Fsp3) is 0.562. The summed E-state index contributed by atoms with van der Waals surface area (Å²) in [5, 5.41) is 11.7. The lowest BCUT2D eigenvalue weighted by Gasteiger charge is -2.20. The van der Waals surface area contributed by atoms with Crippen molar-refractivity contribution >= 4 is 5.84 Å². The summed E-state index contributed by atoms with van der Waals surface area (Å²) in [6.45, 7) is 5.05. The monoisotopic (exact) mass is 293 g/mol. The Morgan fingerprint density at radius 3 is 2.90 bits per heavy atom. The lowest BCUT2D eigenvalue weighted by Crippen LogP contribution is -2.24. The zero-order chi connectivity index (χ0) is 15.2. The number of oxime groups is 1. The van der Waals surface area contributed by atoms with Crippen LogP contribution in [0.1, 0.15) is 43.7 Å². The molecule has 5 heteroatoms. The first-order valence-corrected chi connectivity index (χ1v) is 7.62. The molecule has 1 heterocycles. The van der Waals surface area contributed by atoms with E-state index in [-0.39, 0.29) is 11.7 Å². The van der Waals surface area contributed by atoms with Gasteiger partial charge < -0.3 is 10.9 Å². The summed E-state index contributed by atoms with van der Waals surface area (Å²) >= 11 is 0. The quantitative estimate of drug-likeness (QED) is 0.388. The molecule has 0 bridgehead atoms. The van der Waals surface area contributed by atoms with E-state index in [0.717, 1.165) is 24.6 Å². The molecule has 1 aliphatic rings. The van der Waals surface area contributed by atoms with Crippen molar-refractivity contribution in [3.8, 4) is 0 Å². The number of nitrogens with zero attached hydrogens (tertiary/aromatic N) is 2. The van der Waals surface area contributed by atoms with Crippen LogP contribution in [-0.4, -0.2) is 29.0 Å². The highest BCUT2D eigenvalue weighted by Crippen LogP contribution is 2.21. The summed E-state index contributed by atoms with van der Waals surface area (Å²) in [6.07, 6.45) is 4.92. The minimum absolute atomic E-state index is 0.0577. The van der Waals surface area contributed by atoms with E-state index < -0.39 is 0 Å². The largest absolute Gasteiger partial charge is 0.409 e. The van der Waals surface area contributed by atoms with Gasteiger partial charge in [0.15, 0.2) is 5.84 Å². The Balaban J connectivity index is 2.07. The summed E-state index contributed by atoms with van der Waals surface area (Å²) in [4.78, 5) is 2.36. The van der Waals surface area contributed by atoms with Gasteiger partial charge in [-0.15, -0.1) is 0 Å². The highest BCUT2D eigenvalue weighted by Gasteiger charge is 2.16. The second-order valence-electron chi connectivity index (χ2n) is 5.81. The molecule has 1 aromatic carbocycles. The van der Waals surface area contributed by atoms with Crippen LogP contribution in [0.4, 0.5) is 4.39 Å². The third-order valence-corrected chi connectivity index (χ3v) is 4.28. The summed E-state index contributed by atoms with van der Waals surface area (Å²) in [5.74, 6) is 0.406. The molecule has 0 radical (unpaired) electrons. The first kappa shape index (κ1) is 15.8. The molecule has 1 unspecified atom stereocenters. The van der Waals surface area contributed by atoms with Gasteiger partial charge in [-0.05, 0) is 62.0 Å². The Kier molecular flexibility index (Phi) is 5.56. The van der Waals surface area contributed by atoms with E-state index >= 15 is 0 Å². The van der Waals surface area contributed by atoms with E-state index in [2.05, 4.69) is 17.0 Å². The van der Waals surface area contributed by atoms with E-state index in [0.29, 0.717) is 12.1 Å². The molecule has 0 aliphatic carbocycles. The Morgan fingerprint density at radius 2 is 2.19 bits per heavy atom. The molecule has 1 fully saturated rings. The maximum Gasteiger partial charge on any atom is 0.170 e. The van der Waals surface area contributed by atoms with Gasteiger partial charge in [-0.25, -0.2) is 4.39 Å². The van der Waals surface area contributed by atoms with E-state index in [1.165, 1.54) is 37.8 Å². The van der Waals surface area contributed by atoms with Crippen molar-refractivity contribution < 1.29 is 9.60 Å². The first-order chi connectivity index (χ1) is 10.1. The Hall–Kier alpha value is -1.62. The van der Waals surface area contributed by atoms with Gasteiger partial charge in [0.1, 0.15) is 5.82 Å². The SMILES string of the molecule is CCC1CCCN(Cc2cc(F)cc(/C(N)=N/O)c2)CC1. The van der Waals surface area contributed by atoms with Crippen LogP contribution in [0.25, 0.3) is 0 Å². The zero-order valence-electron chi connectivity index (χ0n) is 12.6. The molecule has 1 aromatic rings. The van der Waals surface area contributed by atoms with Gasteiger partial charge in [0, 0.05) is 12.1 Å². The summed E-state index contributed by atoms with van der Waals surface area (Å²) in [7, 11) is 0. The molecule has 0 spiro atoms. The van der Waals surface area contributed by atoms with Gasteiger partial charge in [0.05, 0.1) is 0 Å². The van der Waals surface area contributed by atoms with Gasteiger partial charge in [-0.2, -0.15) is 0 Å². The molecule has 1 saturated heterocycles. The lowest BCUT2D eigenvalue weighted by atomic mass is 9.98. The van der Waals surface area contributed by atoms with Gasteiger partial charge >= 0.3 is 0 Å². The third kappa shape index (κ3) is 4.43. The highest BCUT2D eigenvalue weighted by molar-refractivity contribution is 5.97. The zero-order valence-corrected chi connectivity index (χ0v) is 12.6. The predicted octanol–water partition coefficient (Wildman–Crippen LogP) is 2.93. The number of halogens is 1. The van der Waals surface area contributed by atoms with E-state index in [9.17, 15) is 4.39 Å². The van der Waals surface area contributed by atoms with E-state index in [4.69, 9.17) is 10.9 Å². The molecule has 4 nitrogen and oxygen atoms in total. The molecule has 2 rings (SSSR count). The standard InChI is InChI=1S/C16H24FN3O/c1-2-12-4-3-6-20(7-5-12)11-13-8-14(16(18)19-21)10-15(17)9-13/h8-10,12,21H,2-7,11H2,1H3,(H2,18,19). The predicted molar refractivity (Wildman–Crippen MR) is 81.8 cm³/mol. The Morgan fingerprint density at radius 1 is 1.38 bits per heavy atom. The van der Waals surface area contributed by atoms with Crippen LogP contribution in [0, 0.1) is 11.7 Å². The van der Waals surface area contributed by atoms with Crippen LogP contribution in [0.15, 0.2) is 23.4 Å². The molecular formula is C16H24FN3O. The van der Waals surface area contributed by atoms with Crippen LogP contribution in [0.5, 0.6) is 0 Å². The van der Waals surface area contributed by atoms with Crippen LogP contribution >= 0.6 is 0 Å². The Labute approximate surface area is 125 Å². The summed E-state index contributed by atoms with van der Waals surface area (Å²) < 4.78 is 13.7. The maximum atomic E-state index is 13.7. The Bertz CT molecular complexity index is 504. The molecule has 1 aliphatic heterocycles. The van der Waals surface area contributed by atoms with Crippen molar-refractivity contribution in [2.75, 3.05) is 13.1 Å². The topological polar surface area (TPSA) is 61.8 Å². The van der Waals surface area contributed by atoms with Crippen molar-refractivity contribution in [1.29, 1.82) is 0 Å². The highest BCUT2D eigenvalue weighted by atomic mass is 19.1. The smallest absolute Gasteiger partial charge is 0.170 e. The maximum absolute atomic E-state index is 13.7. The number of hydrogen-bond acceptors (Lipinski definition) is 3. The molecule has 1 atom stereocenters. The second kappa shape index (κ2) is 7.41. The van der Waals surface area contributed by atoms with Crippen LogP contribution in [-0.2, 0) is 6.54 Å². The van der Waals surface area contributed by atoms with Crippen molar-refractivity contribution in [3.05, 3.63) is 35.1 Å². The van der Waals surface area contributed by atoms with Gasteiger partial charge in [-0.1, -0.05) is 18.5 Å². The fourth-order valence-corrected chi connectivity index (χ4v) is 3.00. The van der Waals surface area contributed by atoms with Gasteiger partial charge in [0.2, 0.25) is 0 Å². The van der Waals surface area contributed by atoms with Crippen molar-refractivity contribution in [2.24, 2.45) is 16.8 Å². The number of likely N-dealkylation sites (tertiary alicyclic amines) is 1. The average Bonchev–Trinajstić information content (AvgIpc) is 2.71. The lowest BCUT2D eigenvalue weighted by molar-refractivity contribution is 0.271. The summed E-state index contributed by atoms with van der Waals surface area (Å²) in [6, 6.07) is 4.60. The van der Waals surface area contributed by atoms with Crippen molar-refractivity contribution in [1.82, 2.24) is 4.90 Å². The van der Waals surface area contributed by atoms with Crippen molar-refractivity contribution in [3.63, 3.8) is 0 Å². The number of amidine groups is 1. The molecule has 0 aromatic heterocycles. The number of benzene rings is 1. The average molecular weight is 293 g/mol. The molecular weight excluding hydrogens is 269 g/mol. The van der Waals surface area contributed by atoms with Crippen LogP contribution in [0.3, 0.4) is 0 Å². The molecule has 21 heavy (non-hydrogen) atoms. The van der Waals surface area contributed by atoms with E-state index in [1.54, 1.807) is 6.07 Å². The third-order valence-electron chi connectivity index (χ3n) is 4.28. The molecule has 116 valence electrons. The summed E-state index contributed by atoms with van der Waals surface area (Å²) in [5.41, 5.74) is 6.84. The fourth-order valence-electron chi connectivity index (χ4n) is 3.00.